The number of halogens is 1. The summed E-state index contributed by atoms with van der Waals surface area (Å²) in [4.78, 5) is 1.98. The van der Waals surface area contributed by atoms with E-state index in [-0.39, 0.29) is 0 Å². The molecular formula is C15H14ClNO2S. The topological polar surface area (TPSA) is 44.5 Å². The molecule has 0 spiro atoms. The Morgan fingerprint density at radius 2 is 1.85 bits per heavy atom. The molecule has 104 valence electrons. The van der Waals surface area contributed by atoms with Gasteiger partial charge in [0.25, 0.3) is 0 Å². The van der Waals surface area contributed by atoms with E-state index in [9.17, 15) is 0 Å². The quantitative estimate of drug-likeness (QED) is 0.843. The van der Waals surface area contributed by atoms with Crippen molar-refractivity contribution in [3.63, 3.8) is 0 Å². The zero-order valence-electron chi connectivity index (χ0n) is 10.8. The summed E-state index contributed by atoms with van der Waals surface area (Å²) >= 11 is 7.60. The Morgan fingerprint density at radius 1 is 1.05 bits per heavy atom. The number of hydrogen-bond donors (Lipinski definition) is 1. The average molecular weight is 308 g/mol. The Balaban J connectivity index is 1.88. The Hall–Kier alpha value is -1.52. The number of fused-ring (bicyclic) bond motifs is 1. The third-order valence-electron chi connectivity index (χ3n) is 2.96. The van der Waals surface area contributed by atoms with Crippen molar-refractivity contribution in [3.05, 3.63) is 41.4 Å². The normalized spacial score (nSPS) is 13.8. The third kappa shape index (κ3) is 2.81. The standard InChI is InChI=1S/C15H14ClNO2S/c16-11-3-1-4-14(15(11)17)20-10-5-6-12-13(9-10)19-8-2-7-18-12/h1,3-6,9H,2,7-8,17H2. The second kappa shape index (κ2) is 5.85. The molecule has 0 amide bonds. The Morgan fingerprint density at radius 3 is 2.70 bits per heavy atom. The first kappa shape index (κ1) is 13.5. The van der Waals surface area contributed by atoms with Crippen molar-refractivity contribution in [1.29, 1.82) is 0 Å². The van der Waals surface area contributed by atoms with E-state index < -0.39 is 0 Å². The monoisotopic (exact) mass is 307 g/mol. The summed E-state index contributed by atoms with van der Waals surface area (Å²) < 4.78 is 11.3. The van der Waals surface area contributed by atoms with Gasteiger partial charge in [-0.1, -0.05) is 29.4 Å². The van der Waals surface area contributed by atoms with Crippen LogP contribution in [0.25, 0.3) is 0 Å². The molecule has 20 heavy (non-hydrogen) atoms. The molecule has 2 aromatic rings. The Labute approximate surface area is 127 Å². The molecule has 1 aliphatic heterocycles. The van der Waals surface area contributed by atoms with Gasteiger partial charge >= 0.3 is 0 Å². The molecular weight excluding hydrogens is 294 g/mol. The van der Waals surface area contributed by atoms with Crippen LogP contribution in [0.5, 0.6) is 11.5 Å². The van der Waals surface area contributed by atoms with Crippen LogP contribution in [0.4, 0.5) is 5.69 Å². The molecule has 0 bridgehead atoms. The zero-order chi connectivity index (χ0) is 13.9. The van der Waals surface area contributed by atoms with Gasteiger partial charge in [-0.3, -0.25) is 0 Å². The number of rotatable bonds is 2. The largest absolute Gasteiger partial charge is 0.490 e. The van der Waals surface area contributed by atoms with Crippen molar-refractivity contribution in [2.24, 2.45) is 0 Å². The highest BCUT2D eigenvalue weighted by Crippen LogP contribution is 2.39. The van der Waals surface area contributed by atoms with Gasteiger partial charge in [0.15, 0.2) is 11.5 Å². The van der Waals surface area contributed by atoms with Crippen molar-refractivity contribution in [2.45, 2.75) is 16.2 Å². The highest BCUT2D eigenvalue weighted by atomic mass is 35.5. The zero-order valence-corrected chi connectivity index (χ0v) is 12.3. The van der Waals surface area contributed by atoms with Crippen molar-refractivity contribution in [3.8, 4) is 11.5 Å². The maximum atomic E-state index is 6.03. The minimum Gasteiger partial charge on any atom is -0.490 e. The summed E-state index contributed by atoms with van der Waals surface area (Å²) in [7, 11) is 0. The van der Waals surface area contributed by atoms with E-state index in [2.05, 4.69) is 0 Å². The van der Waals surface area contributed by atoms with Crippen molar-refractivity contribution in [2.75, 3.05) is 18.9 Å². The Kier molecular flexibility index (Phi) is 3.94. The first-order chi connectivity index (χ1) is 9.74. The fraction of sp³-hybridized carbons (Fsp3) is 0.200. The van der Waals surface area contributed by atoms with Crippen LogP contribution in [-0.2, 0) is 0 Å². The molecule has 0 saturated heterocycles. The van der Waals surface area contributed by atoms with Crippen molar-refractivity contribution in [1.82, 2.24) is 0 Å². The van der Waals surface area contributed by atoms with E-state index in [1.165, 1.54) is 0 Å². The van der Waals surface area contributed by atoms with Crippen LogP contribution in [0.3, 0.4) is 0 Å². The molecule has 3 nitrogen and oxygen atoms in total. The third-order valence-corrected chi connectivity index (χ3v) is 4.35. The van der Waals surface area contributed by atoms with Gasteiger partial charge in [-0.05, 0) is 30.3 Å². The summed E-state index contributed by atoms with van der Waals surface area (Å²) in [5, 5.41) is 0.573. The minimum atomic E-state index is 0.573. The molecule has 1 heterocycles. The van der Waals surface area contributed by atoms with E-state index in [0.717, 1.165) is 27.7 Å². The highest BCUT2D eigenvalue weighted by Gasteiger charge is 2.12. The van der Waals surface area contributed by atoms with Gasteiger partial charge in [0.2, 0.25) is 0 Å². The van der Waals surface area contributed by atoms with Gasteiger partial charge < -0.3 is 15.2 Å². The smallest absolute Gasteiger partial charge is 0.162 e. The van der Waals surface area contributed by atoms with Crippen LogP contribution >= 0.6 is 23.4 Å². The summed E-state index contributed by atoms with van der Waals surface area (Å²) in [5.74, 6) is 1.58. The summed E-state index contributed by atoms with van der Waals surface area (Å²) in [6.45, 7) is 1.38. The number of ether oxygens (including phenoxy) is 2. The van der Waals surface area contributed by atoms with Crippen LogP contribution in [0.1, 0.15) is 6.42 Å². The van der Waals surface area contributed by atoms with Crippen LogP contribution in [0, 0.1) is 0 Å². The fourth-order valence-electron chi connectivity index (χ4n) is 1.94. The maximum absolute atomic E-state index is 6.03. The number of nitrogens with two attached hydrogens (primary N) is 1. The molecule has 0 radical (unpaired) electrons. The fourth-order valence-corrected chi connectivity index (χ4v) is 3.09. The summed E-state index contributed by atoms with van der Waals surface area (Å²) in [5.41, 5.74) is 6.59. The lowest BCUT2D eigenvalue weighted by atomic mass is 10.3. The maximum Gasteiger partial charge on any atom is 0.162 e. The molecule has 0 aromatic heterocycles. The molecule has 0 unspecified atom stereocenters. The average Bonchev–Trinajstić information content (AvgIpc) is 2.69. The van der Waals surface area contributed by atoms with Crippen LogP contribution in [0.15, 0.2) is 46.2 Å². The van der Waals surface area contributed by atoms with Gasteiger partial charge in [-0.2, -0.15) is 0 Å². The van der Waals surface area contributed by atoms with Gasteiger partial charge in [0.05, 0.1) is 23.9 Å². The lowest BCUT2D eigenvalue weighted by Gasteiger charge is -2.10. The van der Waals surface area contributed by atoms with Crippen molar-refractivity contribution >= 4 is 29.1 Å². The minimum absolute atomic E-state index is 0.573. The van der Waals surface area contributed by atoms with Crippen molar-refractivity contribution < 1.29 is 9.47 Å². The van der Waals surface area contributed by atoms with Crippen LogP contribution in [-0.4, -0.2) is 13.2 Å². The molecule has 1 aliphatic rings. The van der Waals surface area contributed by atoms with Gasteiger partial charge in [-0.15, -0.1) is 0 Å². The lowest BCUT2D eigenvalue weighted by molar-refractivity contribution is 0.297. The number of para-hydroxylation sites is 1. The van der Waals surface area contributed by atoms with E-state index >= 15 is 0 Å². The summed E-state index contributed by atoms with van der Waals surface area (Å²) in [6, 6.07) is 11.5. The van der Waals surface area contributed by atoms with Gasteiger partial charge in [0.1, 0.15) is 0 Å². The molecule has 3 rings (SSSR count). The first-order valence-electron chi connectivity index (χ1n) is 6.35. The molecule has 0 saturated carbocycles. The van der Waals surface area contributed by atoms with Crippen LogP contribution in [0.2, 0.25) is 5.02 Å². The number of anilines is 1. The summed E-state index contributed by atoms with van der Waals surface area (Å²) in [6.07, 6.45) is 0.901. The second-order valence-electron chi connectivity index (χ2n) is 4.41. The molecule has 0 fully saturated rings. The molecule has 0 atom stereocenters. The van der Waals surface area contributed by atoms with E-state index in [4.69, 9.17) is 26.8 Å². The number of nitrogen functional groups attached to an aromatic ring is 1. The molecule has 5 heteroatoms. The van der Waals surface area contributed by atoms with Gasteiger partial charge in [-0.25, -0.2) is 0 Å². The second-order valence-corrected chi connectivity index (χ2v) is 5.94. The first-order valence-corrected chi connectivity index (χ1v) is 7.55. The molecule has 2 N–H and O–H groups in total. The predicted octanol–water partition coefficient (Wildman–Crippen LogP) is 4.23. The predicted molar refractivity (Wildman–Crippen MR) is 82.0 cm³/mol. The molecule has 2 aromatic carbocycles. The van der Waals surface area contributed by atoms with E-state index in [0.29, 0.717) is 23.9 Å². The van der Waals surface area contributed by atoms with E-state index in [1.807, 2.05) is 30.3 Å². The number of hydrogen-bond acceptors (Lipinski definition) is 4. The SMILES string of the molecule is Nc1c(Cl)cccc1Sc1ccc2c(c1)OCCCO2. The van der Waals surface area contributed by atoms with Gasteiger partial charge in [0, 0.05) is 16.2 Å². The Bertz CT molecular complexity index is 633. The lowest BCUT2D eigenvalue weighted by Crippen LogP contribution is -1.97. The van der Waals surface area contributed by atoms with Crippen LogP contribution < -0.4 is 15.2 Å². The van der Waals surface area contributed by atoms with E-state index in [1.54, 1.807) is 17.8 Å². The molecule has 0 aliphatic carbocycles. The highest BCUT2D eigenvalue weighted by molar-refractivity contribution is 7.99. The number of benzene rings is 2.